The van der Waals surface area contributed by atoms with Gasteiger partial charge in [-0.3, -0.25) is 9.78 Å². The van der Waals surface area contributed by atoms with Gasteiger partial charge in [0.2, 0.25) is 5.95 Å². The Morgan fingerprint density at radius 3 is 2.79 bits per heavy atom. The van der Waals surface area contributed by atoms with E-state index in [1.54, 1.807) is 18.2 Å². The Morgan fingerprint density at radius 2 is 2.00 bits per heavy atom. The zero-order valence-corrected chi connectivity index (χ0v) is 9.77. The van der Waals surface area contributed by atoms with Crippen molar-refractivity contribution in [2.45, 2.75) is 6.42 Å². The van der Waals surface area contributed by atoms with Crippen LogP contribution in [0.15, 0.2) is 29.1 Å². The fourth-order valence-electron chi connectivity index (χ4n) is 1.88. The van der Waals surface area contributed by atoms with Crippen LogP contribution in [0.3, 0.4) is 0 Å². The van der Waals surface area contributed by atoms with Gasteiger partial charge in [0.15, 0.2) is 11.2 Å². The first-order valence-electron chi connectivity index (χ1n) is 5.61. The molecule has 0 aliphatic rings. The number of nitrogens with one attached hydrogen (secondary N) is 2. The first-order chi connectivity index (χ1) is 9.13. The molecule has 1 aromatic carbocycles. The maximum absolute atomic E-state index is 13.5. The summed E-state index contributed by atoms with van der Waals surface area (Å²) in [6, 6.07) is 6.39. The second-order valence-electron chi connectivity index (χ2n) is 4.10. The number of nitrogen functional groups attached to an aromatic ring is 1. The molecular formula is C12H10FN5O. The maximum Gasteiger partial charge on any atom is 0.278 e. The van der Waals surface area contributed by atoms with Crippen molar-refractivity contribution >= 4 is 17.1 Å². The normalized spacial score (nSPS) is 11.0. The molecule has 0 spiro atoms. The number of hydrogen-bond donors (Lipinski definition) is 3. The molecule has 0 radical (unpaired) electrons. The van der Waals surface area contributed by atoms with E-state index in [-0.39, 0.29) is 29.4 Å². The van der Waals surface area contributed by atoms with Crippen molar-refractivity contribution in [3.63, 3.8) is 0 Å². The molecule has 2 aromatic heterocycles. The van der Waals surface area contributed by atoms with Crippen LogP contribution < -0.4 is 11.3 Å². The smallest absolute Gasteiger partial charge is 0.278 e. The summed E-state index contributed by atoms with van der Waals surface area (Å²) in [6.45, 7) is 0. The predicted molar refractivity (Wildman–Crippen MR) is 68.1 cm³/mol. The SMILES string of the molecule is Nc1nc2nc(Cc3ccccc3F)[nH]c2c(=O)[nH]1. The van der Waals surface area contributed by atoms with E-state index >= 15 is 0 Å². The first kappa shape index (κ1) is 11.4. The largest absolute Gasteiger partial charge is 0.369 e. The van der Waals surface area contributed by atoms with Gasteiger partial charge in [-0.25, -0.2) is 9.37 Å². The molecule has 3 rings (SSSR count). The number of anilines is 1. The highest BCUT2D eigenvalue weighted by Crippen LogP contribution is 2.12. The van der Waals surface area contributed by atoms with Crippen molar-refractivity contribution in [3.8, 4) is 0 Å². The summed E-state index contributed by atoms with van der Waals surface area (Å²) >= 11 is 0. The van der Waals surface area contributed by atoms with Gasteiger partial charge in [-0.2, -0.15) is 4.98 Å². The van der Waals surface area contributed by atoms with E-state index in [9.17, 15) is 9.18 Å². The van der Waals surface area contributed by atoms with Gasteiger partial charge in [0.05, 0.1) is 0 Å². The number of aromatic amines is 2. The van der Waals surface area contributed by atoms with Crippen LogP contribution in [-0.2, 0) is 6.42 Å². The molecule has 0 unspecified atom stereocenters. The van der Waals surface area contributed by atoms with E-state index in [0.29, 0.717) is 11.4 Å². The number of halogens is 1. The molecule has 0 aliphatic carbocycles. The van der Waals surface area contributed by atoms with Crippen LogP contribution in [0.1, 0.15) is 11.4 Å². The Morgan fingerprint density at radius 1 is 1.21 bits per heavy atom. The minimum Gasteiger partial charge on any atom is -0.369 e. The maximum atomic E-state index is 13.5. The van der Waals surface area contributed by atoms with Gasteiger partial charge < -0.3 is 10.7 Å². The summed E-state index contributed by atoms with van der Waals surface area (Å²) in [5.41, 5.74) is 5.99. The fourth-order valence-corrected chi connectivity index (χ4v) is 1.88. The number of hydrogen-bond acceptors (Lipinski definition) is 4. The lowest BCUT2D eigenvalue weighted by atomic mass is 10.1. The lowest BCUT2D eigenvalue weighted by Crippen LogP contribution is -2.10. The zero-order chi connectivity index (χ0) is 13.4. The fraction of sp³-hybridized carbons (Fsp3) is 0.0833. The number of imidazole rings is 1. The second kappa shape index (κ2) is 4.20. The number of nitrogens with two attached hydrogens (primary N) is 1. The van der Waals surface area contributed by atoms with Crippen molar-refractivity contribution < 1.29 is 4.39 Å². The van der Waals surface area contributed by atoms with Gasteiger partial charge in [0.25, 0.3) is 5.56 Å². The number of H-pyrrole nitrogens is 2. The number of aromatic nitrogens is 4. The molecule has 19 heavy (non-hydrogen) atoms. The third-order valence-corrected chi connectivity index (χ3v) is 2.74. The minimum absolute atomic E-state index is 0.00133. The second-order valence-corrected chi connectivity index (χ2v) is 4.10. The molecule has 0 saturated carbocycles. The van der Waals surface area contributed by atoms with E-state index in [0.717, 1.165) is 0 Å². The third kappa shape index (κ3) is 2.05. The highest BCUT2D eigenvalue weighted by Gasteiger charge is 2.10. The molecule has 96 valence electrons. The van der Waals surface area contributed by atoms with E-state index < -0.39 is 5.56 Å². The number of rotatable bonds is 2. The number of benzene rings is 1. The Hall–Kier alpha value is -2.70. The van der Waals surface area contributed by atoms with Crippen LogP contribution in [0.5, 0.6) is 0 Å². The third-order valence-electron chi connectivity index (χ3n) is 2.74. The zero-order valence-electron chi connectivity index (χ0n) is 9.77. The monoisotopic (exact) mass is 259 g/mol. The quantitative estimate of drug-likeness (QED) is 0.638. The van der Waals surface area contributed by atoms with Gasteiger partial charge >= 0.3 is 0 Å². The molecular weight excluding hydrogens is 249 g/mol. The van der Waals surface area contributed by atoms with Crippen molar-refractivity contribution in [1.82, 2.24) is 19.9 Å². The van der Waals surface area contributed by atoms with Crippen LogP contribution in [0.4, 0.5) is 10.3 Å². The molecule has 4 N–H and O–H groups in total. The van der Waals surface area contributed by atoms with Gasteiger partial charge in [0, 0.05) is 6.42 Å². The molecule has 2 heterocycles. The Kier molecular flexibility index (Phi) is 2.52. The summed E-state index contributed by atoms with van der Waals surface area (Å²) in [5.74, 6) is 0.148. The molecule has 0 amide bonds. The molecule has 3 aromatic rings. The molecule has 6 nitrogen and oxygen atoms in total. The van der Waals surface area contributed by atoms with Crippen molar-refractivity contribution in [2.24, 2.45) is 0 Å². The number of fused-ring (bicyclic) bond motifs is 1. The molecule has 0 aliphatic heterocycles. The van der Waals surface area contributed by atoms with E-state index in [1.807, 2.05) is 0 Å². The summed E-state index contributed by atoms with van der Waals surface area (Å²) in [4.78, 5) is 24.9. The summed E-state index contributed by atoms with van der Waals surface area (Å²) in [5, 5.41) is 0. The Balaban J connectivity index is 2.05. The highest BCUT2D eigenvalue weighted by molar-refractivity contribution is 5.70. The van der Waals surface area contributed by atoms with Gasteiger partial charge in [-0.1, -0.05) is 18.2 Å². The lowest BCUT2D eigenvalue weighted by molar-refractivity contribution is 0.612. The van der Waals surface area contributed by atoms with E-state index in [2.05, 4.69) is 19.9 Å². The summed E-state index contributed by atoms with van der Waals surface area (Å²) in [6.07, 6.45) is 0.252. The van der Waals surface area contributed by atoms with Crippen LogP contribution >= 0.6 is 0 Å². The lowest BCUT2D eigenvalue weighted by Gasteiger charge is -1.98. The molecule has 0 bridgehead atoms. The number of nitrogens with zero attached hydrogens (tertiary/aromatic N) is 2. The molecule has 0 atom stereocenters. The van der Waals surface area contributed by atoms with E-state index in [1.165, 1.54) is 6.07 Å². The van der Waals surface area contributed by atoms with Gasteiger partial charge in [-0.05, 0) is 11.6 Å². The Labute approximate surface area is 106 Å². The van der Waals surface area contributed by atoms with Crippen molar-refractivity contribution in [3.05, 3.63) is 51.8 Å². The molecule has 7 heteroatoms. The molecule has 0 fully saturated rings. The standard InChI is InChI=1S/C12H10FN5O/c13-7-4-2-1-3-6(7)5-8-15-9-10(16-8)17-12(14)18-11(9)19/h1-4H,5H2,(H4,14,15,16,17,18,19). The van der Waals surface area contributed by atoms with Gasteiger partial charge in [-0.15, -0.1) is 0 Å². The van der Waals surface area contributed by atoms with Crippen molar-refractivity contribution in [2.75, 3.05) is 5.73 Å². The average molecular weight is 259 g/mol. The van der Waals surface area contributed by atoms with Crippen LogP contribution in [-0.4, -0.2) is 19.9 Å². The molecule has 0 saturated heterocycles. The van der Waals surface area contributed by atoms with E-state index in [4.69, 9.17) is 5.73 Å². The average Bonchev–Trinajstić information content (AvgIpc) is 2.75. The predicted octanol–water partition coefficient (Wildman–Crippen LogP) is 0.958. The Bertz CT molecular complexity index is 807. The first-order valence-corrected chi connectivity index (χ1v) is 5.61. The van der Waals surface area contributed by atoms with Gasteiger partial charge in [0.1, 0.15) is 11.6 Å². The van der Waals surface area contributed by atoms with Crippen molar-refractivity contribution in [1.29, 1.82) is 0 Å². The topological polar surface area (TPSA) is 100 Å². The minimum atomic E-state index is -0.394. The van der Waals surface area contributed by atoms with Crippen LogP contribution in [0, 0.1) is 5.82 Å². The van der Waals surface area contributed by atoms with Crippen LogP contribution in [0.25, 0.3) is 11.2 Å². The summed E-state index contributed by atoms with van der Waals surface area (Å²) < 4.78 is 13.5. The highest BCUT2D eigenvalue weighted by atomic mass is 19.1. The summed E-state index contributed by atoms with van der Waals surface area (Å²) in [7, 11) is 0. The van der Waals surface area contributed by atoms with Crippen LogP contribution in [0.2, 0.25) is 0 Å².